The number of terminal acetylenes is 1. The second-order valence-corrected chi connectivity index (χ2v) is 3.83. The molecule has 2 amide bonds. The SMILES string of the molecule is C#CCN(CC(=O)O)C(=O)Nc1cccc(Cl)c1. The first-order valence-corrected chi connectivity index (χ1v) is 5.37. The maximum absolute atomic E-state index is 11.8. The number of carbonyl (C=O) groups excluding carboxylic acids is 1. The normalized spacial score (nSPS) is 9.33. The summed E-state index contributed by atoms with van der Waals surface area (Å²) in [6.07, 6.45) is 5.07. The third-order valence-corrected chi connectivity index (χ3v) is 2.21. The molecule has 0 unspecified atom stereocenters. The van der Waals surface area contributed by atoms with Crippen molar-refractivity contribution in [3.05, 3.63) is 29.3 Å². The van der Waals surface area contributed by atoms with Crippen LogP contribution in [0.15, 0.2) is 24.3 Å². The highest BCUT2D eigenvalue weighted by Gasteiger charge is 2.15. The molecular formula is C12H11ClN2O3. The number of halogens is 1. The molecule has 0 aliphatic rings. The molecule has 2 N–H and O–H groups in total. The van der Waals surface area contributed by atoms with Crippen LogP contribution in [0, 0.1) is 12.3 Å². The van der Waals surface area contributed by atoms with Crippen LogP contribution in [0.4, 0.5) is 10.5 Å². The minimum Gasteiger partial charge on any atom is -0.480 e. The predicted octanol–water partition coefficient (Wildman–Crippen LogP) is 1.89. The minimum absolute atomic E-state index is 0.0846. The molecule has 0 atom stereocenters. The third kappa shape index (κ3) is 4.36. The number of carboxylic acid groups (broad SMARTS) is 1. The molecule has 94 valence electrons. The largest absolute Gasteiger partial charge is 0.480 e. The lowest BCUT2D eigenvalue weighted by molar-refractivity contribution is -0.137. The van der Waals surface area contributed by atoms with Gasteiger partial charge in [0, 0.05) is 10.7 Å². The van der Waals surface area contributed by atoms with Gasteiger partial charge in [-0.15, -0.1) is 6.42 Å². The number of nitrogens with zero attached hydrogens (tertiary/aromatic N) is 1. The Hall–Kier alpha value is -2.19. The van der Waals surface area contributed by atoms with E-state index >= 15 is 0 Å². The Kier molecular flexibility index (Phi) is 5.03. The van der Waals surface area contributed by atoms with E-state index in [1.165, 1.54) is 0 Å². The molecule has 0 heterocycles. The molecule has 0 bridgehead atoms. The van der Waals surface area contributed by atoms with E-state index < -0.39 is 18.5 Å². The van der Waals surface area contributed by atoms with E-state index in [2.05, 4.69) is 11.2 Å². The molecule has 0 saturated carbocycles. The summed E-state index contributed by atoms with van der Waals surface area (Å²) < 4.78 is 0. The van der Waals surface area contributed by atoms with Crippen LogP contribution < -0.4 is 5.32 Å². The summed E-state index contributed by atoms with van der Waals surface area (Å²) in [5.74, 6) is 1.09. The molecule has 1 aromatic rings. The van der Waals surface area contributed by atoms with Crippen molar-refractivity contribution in [1.82, 2.24) is 4.90 Å². The summed E-state index contributed by atoms with van der Waals surface area (Å²) in [4.78, 5) is 23.3. The van der Waals surface area contributed by atoms with Crippen LogP contribution in [-0.4, -0.2) is 35.1 Å². The number of carbonyl (C=O) groups is 2. The van der Waals surface area contributed by atoms with E-state index in [0.717, 1.165) is 4.90 Å². The number of rotatable bonds is 4. The van der Waals surface area contributed by atoms with E-state index in [1.54, 1.807) is 24.3 Å². The summed E-state index contributed by atoms with van der Waals surface area (Å²) in [5, 5.41) is 11.6. The number of nitrogens with one attached hydrogen (secondary N) is 1. The van der Waals surface area contributed by atoms with Crippen molar-refractivity contribution >= 4 is 29.3 Å². The van der Waals surface area contributed by atoms with Crippen LogP contribution in [0.1, 0.15) is 0 Å². The molecule has 0 saturated heterocycles. The quantitative estimate of drug-likeness (QED) is 0.818. The highest BCUT2D eigenvalue weighted by Crippen LogP contribution is 2.15. The fraction of sp³-hybridized carbons (Fsp3) is 0.167. The Labute approximate surface area is 109 Å². The summed E-state index contributed by atoms with van der Waals surface area (Å²) in [7, 11) is 0. The van der Waals surface area contributed by atoms with Crippen molar-refractivity contribution in [2.75, 3.05) is 18.4 Å². The Morgan fingerprint density at radius 3 is 2.78 bits per heavy atom. The van der Waals surface area contributed by atoms with Crippen LogP contribution in [0.25, 0.3) is 0 Å². The lowest BCUT2D eigenvalue weighted by atomic mass is 10.3. The summed E-state index contributed by atoms with van der Waals surface area (Å²) in [6, 6.07) is 5.93. The molecule has 1 rings (SSSR count). The highest BCUT2D eigenvalue weighted by atomic mass is 35.5. The first kappa shape index (κ1) is 13.9. The van der Waals surface area contributed by atoms with Gasteiger partial charge in [0.05, 0.1) is 6.54 Å². The average Bonchev–Trinajstić information content (AvgIpc) is 2.27. The Bertz CT molecular complexity index is 496. The van der Waals surface area contributed by atoms with Crippen LogP contribution >= 0.6 is 11.6 Å². The zero-order valence-electron chi connectivity index (χ0n) is 9.39. The standard InChI is InChI=1S/C12H11ClN2O3/c1-2-6-15(8-11(16)17)12(18)14-10-5-3-4-9(13)7-10/h1,3-5,7H,6,8H2,(H,14,18)(H,16,17). The first-order valence-electron chi connectivity index (χ1n) is 4.99. The van der Waals surface area contributed by atoms with E-state index in [9.17, 15) is 9.59 Å². The Morgan fingerprint density at radius 2 is 2.22 bits per heavy atom. The van der Waals surface area contributed by atoms with Crippen molar-refractivity contribution < 1.29 is 14.7 Å². The van der Waals surface area contributed by atoms with Gasteiger partial charge in [-0.1, -0.05) is 23.6 Å². The Morgan fingerprint density at radius 1 is 1.50 bits per heavy atom. The number of amides is 2. The van der Waals surface area contributed by atoms with Crippen LogP contribution in [-0.2, 0) is 4.79 Å². The van der Waals surface area contributed by atoms with Gasteiger partial charge in [0.25, 0.3) is 0 Å². The number of aliphatic carboxylic acids is 1. The summed E-state index contributed by atoms with van der Waals surface area (Å²) >= 11 is 5.76. The molecule has 0 aromatic heterocycles. The highest BCUT2D eigenvalue weighted by molar-refractivity contribution is 6.30. The number of urea groups is 1. The molecule has 0 radical (unpaired) electrons. The van der Waals surface area contributed by atoms with Crippen LogP contribution in [0.3, 0.4) is 0 Å². The molecule has 0 spiro atoms. The molecule has 0 fully saturated rings. The first-order chi connectivity index (χ1) is 8.52. The topological polar surface area (TPSA) is 69.6 Å². The second-order valence-electron chi connectivity index (χ2n) is 3.39. The number of benzene rings is 1. The van der Waals surface area contributed by atoms with Gasteiger partial charge in [-0.05, 0) is 18.2 Å². The van der Waals surface area contributed by atoms with Crippen LogP contribution in [0.2, 0.25) is 5.02 Å². The fourth-order valence-electron chi connectivity index (χ4n) is 1.24. The van der Waals surface area contributed by atoms with Crippen molar-refractivity contribution in [3.63, 3.8) is 0 Å². The average molecular weight is 267 g/mol. The van der Waals surface area contributed by atoms with Gasteiger partial charge in [-0.2, -0.15) is 0 Å². The van der Waals surface area contributed by atoms with Crippen molar-refractivity contribution in [2.45, 2.75) is 0 Å². The zero-order valence-corrected chi connectivity index (χ0v) is 10.1. The maximum atomic E-state index is 11.8. The molecule has 0 aliphatic carbocycles. The van der Waals surface area contributed by atoms with E-state index in [1.807, 2.05) is 0 Å². The van der Waals surface area contributed by atoms with Crippen molar-refractivity contribution in [3.8, 4) is 12.3 Å². The molecule has 18 heavy (non-hydrogen) atoms. The third-order valence-electron chi connectivity index (χ3n) is 1.97. The Balaban J connectivity index is 2.72. The molecule has 5 nitrogen and oxygen atoms in total. The van der Waals surface area contributed by atoms with Gasteiger partial charge < -0.3 is 15.3 Å². The number of hydrogen-bond acceptors (Lipinski definition) is 2. The minimum atomic E-state index is -1.13. The lowest BCUT2D eigenvalue weighted by Gasteiger charge is -2.18. The van der Waals surface area contributed by atoms with Gasteiger partial charge >= 0.3 is 12.0 Å². The van der Waals surface area contributed by atoms with Gasteiger partial charge in [0.1, 0.15) is 6.54 Å². The van der Waals surface area contributed by atoms with Crippen molar-refractivity contribution in [1.29, 1.82) is 0 Å². The maximum Gasteiger partial charge on any atom is 0.323 e. The van der Waals surface area contributed by atoms with Gasteiger partial charge in [0.2, 0.25) is 0 Å². The molecular weight excluding hydrogens is 256 g/mol. The van der Waals surface area contributed by atoms with Crippen LogP contribution in [0.5, 0.6) is 0 Å². The summed E-state index contributed by atoms with van der Waals surface area (Å²) in [5.41, 5.74) is 0.472. The van der Waals surface area contributed by atoms with Gasteiger partial charge in [-0.25, -0.2) is 4.79 Å². The zero-order chi connectivity index (χ0) is 13.5. The van der Waals surface area contributed by atoms with E-state index in [4.69, 9.17) is 23.1 Å². The van der Waals surface area contributed by atoms with Crippen molar-refractivity contribution in [2.24, 2.45) is 0 Å². The van der Waals surface area contributed by atoms with E-state index in [0.29, 0.717) is 10.7 Å². The predicted molar refractivity (Wildman–Crippen MR) is 68.5 cm³/mol. The number of carboxylic acids is 1. The molecule has 1 aromatic carbocycles. The second kappa shape index (κ2) is 6.52. The fourth-order valence-corrected chi connectivity index (χ4v) is 1.43. The number of hydrogen-bond donors (Lipinski definition) is 2. The monoisotopic (exact) mass is 266 g/mol. The van der Waals surface area contributed by atoms with E-state index in [-0.39, 0.29) is 6.54 Å². The smallest absolute Gasteiger partial charge is 0.323 e. The summed E-state index contributed by atoms with van der Waals surface area (Å²) in [6.45, 7) is -0.546. The van der Waals surface area contributed by atoms with Gasteiger partial charge in [-0.3, -0.25) is 4.79 Å². The molecule has 6 heteroatoms. The number of anilines is 1. The lowest BCUT2D eigenvalue weighted by Crippen LogP contribution is -2.39. The molecule has 0 aliphatic heterocycles. The van der Waals surface area contributed by atoms with Gasteiger partial charge in [0.15, 0.2) is 0 Å².